The van der Waals surface area contributed by atoms with Crippen LogP contribution in [0.3, 0.4) is 0 Å². The summed E-state index contributed by atoms with van der Waals surface area (Å²) in [6.07, 6.45) is 22.7. The van der Waals surface area contributed by atoms with E-state index in [0.29, 0.717) is 0 Å². The number of benzene rings is 4. The lowest BCUT2D eigenvalue weighted by Gasteiger charge is -2.42. The van der Waals surface area contributed by atoms with Gasteiger partial charge in [0.05, 0.1) is 13.2 Å². The van der Waals surface area contributed by atoms with Gasteiger partial charge in [-0.05, 0) is 121 Å². The predicted molar refractivity (Wildman–Crippen MR) is 240 cm³/mol. The zero-order chi connectivity index (χ0) is 38.4. The molecule has 56 heavy (non-hydrogen) atoms. The van der Waals surface area contributed by atoms with Crippen molar-refractivity contribution in [3.05, 3.63) is 125 Å². The molecular weight excluding hydrogens is 725 g/mol. The fourth-order valence-electron chi connectivity index (χ4n) is 10.6. The largest absolute Gasteiger partial charge is 0.473 e. The summed E-state index contributed by atoms with van der Waals surface area (Å²) in [5.74, 6) is 1.04. The molecule has 1 atom stereocenters. The molecule has 4 aromatic rings. The molecule has 0 amide bonds. The number of nitrogens with zero attached hydrogens (tertiary/aromatic N) is 2. The minimum absolute atomic E-state index is 0.0691. The van der Waals surface area contributed by atoms with Crippen LogP contribution >= 0.6 is 23.5 Å². The zero-order valence-corrected chi connectivity index (χ0v) is 35.3. The number of hydrogen-bond donors (Lipinski definition) is 0. The lowest BCUT2D eigenvalue weighted by molar-refractivity contribution is 0.122. The van der Waals surface area contributed by atoms with Gasteiger partial charge in [-0.25, -0.2) is 0 Å². The summed E-state index contributed by atoms with van der Waals surface area (Å²) in [5.41, 5.74) is 12.8. The van der Waals surface area contributed by atoms with E-state index in [1.165, 1.54) is 76.5 Å². The van der Waals surface area contributed by atoms with Crippen molar-refractivity contribution in [2.24, 2.45) is 0 Å². The van der Waals surface area contributed by atoms with Gasteiger partial charge in [0.15, 0.2) is 5.60 Å². The molecule has 5 aliphatic rings. The number of fused-ring (bicyclic) bond motifs is 8. The molecule has 1 unspecified atom stereocenters. The maximum Gasteiger partial charge on any atom is 0.174 e. The fourth-order valence-corrected chi connectivity index (χ4v) is 12.0. The molecular formula is C50H56N2O2S2. The first-order chi connectivity index (χ1) is 27.4. The van der Waals surface area contributed by atoms with E-state index >= 15 is 0 Å². The van der Waals surface area contributed by atoms with Crippen LogP contribution in [0.1, 0.15) is 87.5 Å². The summed E-state index contributed by atoms with van der Waals surface area (Å²) >= 11 is 3.69. The van der Waals surface area contributed by atoms with Crippen LogP contribution in [0.4, 0.5) is 5.69 Å². The fraction of sp³-hybridized carbons (Fsp3) is 0.400. The minimum Gasteiger partial charge on any atom is -0.473 e. The average Bonchev–Trinajstić information content (AvgIpc) is 3.53. The number of likely N-dealkylation sites (tertiary alicyclic amines) is 1. The third kappa shape index (κ3) is 6.17. The van der Waals surface area contributed by atoms with Crippen LogP contribution < -0.4 is 9.64 Å². The van der Waals surface area contributed by atoms with Crippen LogP contribution in [0.25, 0.3) is 28.0 Å². The number of thioether (sulfide) groups is 2. The van der Waals surface area contributed by atoms with Gasteiger partial charge in [-0.15, -0.1) is 23.5 Å². The smallest absolute Gasteiger partial charge is 0.174 e. The molecule has 6 heteroatoms. The first-order valence-corrected chi connectivity index (χ1v) is 23.4. The molecule has 0 radical (unpaired) electrons. The Morgan fingerprint density at radius 2 is 1.46 bits per heavy atom. The molecule has 0 bridgehead atoms. The highest BCUT2D eigenvalue weighted by Gasteiger charge is 2.48. The van der Waals surface area contributed by atoms with E-state index < -0.39 is 5.60 Å². The second-order valence-electron chi connectivity index (χ2n) is 16.3. The SMILES string of the molecule is C=C1CCN(C2=CC=C(C3(c4ccc(N5CCOCC5)cc4)C=Cc4c5c(c6cc(SC)c(SC)cc6c4O3)-c3ccccc3C5(CCC)CCC)CC2)CC1. The lowest BCUT2D eigenvalue weighted by atomic mass is 9.69. The average molecular weight is 781 g/mol. The third-order valence-corrected chi connectivity index (χ3v) is 14.9. The van der Waals surface area contributed by atoms with Crippen molar-refractivity contribution in [2.75, 3.05) is 56.8 Å². The van der Waals surface area contributed by atoms with Crippen molar-refractivity contribution in [2.45, 2.75) is 86.0 Å². The summed E-state index contributed by atoms with van der Waals surface area (Å²) in [7, 11) is 0. The Balaban J connectivity index is 1.27. The van der Waals surface area contributed by atoms with Crippen LogP contribution in [0, 0.1) is 0 Å². The van der Waals surface area contributed by atoms with E-state index in [-0.39, 0.29) is 5.41 Å². The van der Waals surface area contributed by atoms with E-state index in [2.05, 4.69) is 128 Å². The van der Waals surface area contributed by atoms with Gasteiger partial charge >= 0.3 is 0 Å². The second kappa shape index (κ2) is 15.5. The number of ether oxygens (including phenoxy) is 2. The lowest BCUT2D eigenvalue weighted by Crippen LogP contribution is -2.38. The number of anilines is 1. The predicted octanol–water partition coefficient (Wildman–Crippen LogP) is 12.5. The van der Waals surface area contributed by atoms with Gasteiger partial charge in [0.1, 0.15) is 5.75 Å². The number of morpholine rings is 1. The Hall–Kier alpha value is -3.84. The van der Waals surface area contributed by atoms with Gasteiger partial charge in [0.2, 0.25) is 0 Å². The second-order valence-corrected chi connectivity index (χ2v) is 18.0. The van der Waals surface area contributed by atoms with Crippen LogP contribution in [0.5, 0.6) is 5.75 Å². The Morgan fingerprint density at radius 1 is 0.768 bits per heavy atom. The summed E-state index contributed by atoms with van der Waals surface area (Å²) in [4.78, 5) is 7.66. The van der Waals surface area contributed by atoms with E-state index in [1.807, 2.05) is 23.5 Å². The molecule has 0 saturated carbocycles. The van der Waals surface area contributed by atoms with Crippen molar-refractivity contribution in [1.82, 2.24) is 4.90 Å². The van der Waals surface area contributed by atoms with Crippen LogP contribution in [0.2, 0.25) is 0 Å². The summed E-state index contributed by atoms with van der Waals surface area (Å²) in [5, 5.41) is 2.54. The van der Waals surface area contributed by atoms with Crippen molar-refractivity contribution >= 4 is 46.1 Å². The molecule has 290 valence electrons. The molecule has 2 saturated heterocycles. The summed E-state index contributed by atoms with van der Waals surface area (Å²) < 4.78 is 13.6. The topological polar surface area (TPSA) is 24.9 Å². The maximum absolute atomic E-state index is 7.93. The summed E-state index contributed by atoms with van der Waals surface area (Å²) in [6.45, 7) is 14.5. The highest BCUT2D eigenvalue weighted by Crippen LogP contribution is 2.62. The number of allylic oxidation sites excluding steroid dienone is 3. The molecule has 9 rings (SSSR count). The monoisotopic (exact) mass is 780 g/mol. The Bertz CT molecular complexity index is 2250. The van der Waals surface area contributed by atoms with E-state index in [0.717, 1.165) is 96.5 Å². The Morgan fingerprint density at radius 3 is 2.12 bits per heavy atom. The molecule has 2 fully saturated rings. The van der Waals surface area contributed by atoms with Gasteiger partial charge in [-0.2, -0.15) is 0 Å². The molecule has 4 nitrogen and oxygen atoms in total. The van der Waals surface area contributed by atoms with Crippen molar-refractivity contribution in [1.29, 1.82) is 0 Å². The van der Waals surface area contributed by atoms with Crippen molar-refractivity contribution < 1.29 is 9.47 Å². The number of rotatable bonds is 10. The Kier molecular flexibility index (Phi) is 10.4. The van der Waals surface area contributed by atoms with Gasteiger partial charge < -0.3 is 19.3 Å². The maximum atomic E-state index is 7.93. The minimum atomic E-state index is -0.739. The van der Waals surface area contributed by atoms with E-state index in [1.54, 1.807) is 0 Å². The summed E-state index contributed by atoms with van der Waals surface area (Å²) in [6, 6.07) is 23.5. The first kappa shape index (κ1) is 37.7. The molecule has 4 aromatic carbocycles. The van der Waals surface area contributed by atoms with E-state index in [9.17, 15) is 0 Å². The van der Waals surface area contributed by atoms with Gasteiger partial charge in [0.25, 0.3) is 0 Å². The van der Waals surface area contributed by atoms with Gasteiger partial charge in [0, 0.05) is 69.3 Å². The van der Waals surface area contributed by atoms with Crippen LogP contribution in [-0.4, -0.2) is 56.8 Å². The third-order valence-electron chi connectivity index (χ3n) is 13.2. The van der Waals surface area contributed by atoms with E-state index in [4.69, 9.17) is 9.47 Å². The highest BCUT2D eigenvalue weighted by atomic mass is 32.2. The molecule has 3 heterocycles. The first-order valence-electron chi connectivity index (χ1n) is 20.9. The molecule has 0 spiro atoms. The van der Waals surface area contributed by atoms with Gasteiger partial charge in [-0.1, -0.05) is 87.4 Å². The zero-order valence-electron chi connectivity index (χ0n) is 33.7. The Labute approximate surface area is 343 Å². The van der Waals surface area contributed by atoms with Gasteiger partial charge in [-0.3, -0.25) is 0 Å². The number of hydrogen-bond acceptors (Lipinski definition) is 6. The molecule has 2 aliphatic carbocycles. The highest BCUT2D eigenvalue weighted by molar-refractivity contribution is 8.01. The molecule has 3 aliphatic heterocycles. The van der Waals surface area contributed by atoms with Crippen LogP contribution in [-0.2, 0) is 15.8 Å². The van der Waals surface area contributed by atoms with Crippen molar-refractivity contribution in [3.63, 3.8) is 0 Å². The molecule has 0 aromatic heterocycles. The normalized spacial score (nSPS) is 21.3. The standard InChI is InChI=1S/C50H56N2O2S2/c1-6-23-49(24-7-2)43-11-9-8-10-39(43)46-41-32-44(55-4)45(56-5)33-42(41)48-40(47(46)49)20-25-50(54-48,36-14-18-38(19-15-36)52-28-30-53-31-29-52)35-12-16-37(17-13-35)51-26-21-34(3)22-27-51/h8-12,14-16,18-20,25,32-33H,3,6-7,13,17,21-24,26-31H2,1-2,4-5H3. The van der Waals surface area contributed by atoms with Crippen molar-refractivity contribution in [3.8, 4) is 16.9 Å². The number of piperidine rings is 1. The quantitative estimate of drug-likeness (QED) is 0.117. The molecule has 0 N–H and O–H groups in total. The van der Waals surface area contributed by atoms with Crippen LogP contribution in [0.15, 0.2) is 112 Å².